The third-order valence-corrected chi connectivity index (χ3v) is 10.6. The van der Waals surface area contributed by atoms with E-state index in [-0.39, 0.29) is 42.7 Å². The van der Waals surface area contributed by atoms with Crippen LogP contribution in [0.25, 0.3) is 16.8 Å². The molecule has 25 heteroatoms. The van der Waals surface area contributed by atoms with E-state index < -0.39 is 60.7 Å². The summed E-state index contributed by atoms with van der Waals surface area (Å²) >= 11 is 10.0. The van der Waals surface area contributed by atoms with E-state index in [0.29, 0.717) is 11.2 Å². The second-order valence-corrected chi connectivity index (χ2v) is 15.5. The molecule has 236 valence electrons. The zero-order valence-corrected chi connectivity index (χ0v) is 26.3. The van der Waals surface area contributed by atoms with Gasteiger partial charge in [0.1, 0.15) is 42.8 Å². The molecule has 0 amide bonds. The molecule has 9 atom stereocenters. The number of anilines is 2. The Labute approximate surface area is 261 Å². The lowest BCUT2D eigenvalue weighted by molar-refractivity contribution is -0.0283. The minimum absolute atomic E-state index is 0.0215. The molecular weight excluding hydrogens is 684 g/mol. The molecule has 0 bridgehead atoms. The predicted molar refractivity (Wildman–Crippen MR) is 160 cm³/mol. The summed E-state index contributed by atoms with van der Waals surface area (Å²) in [6.07, 6.45) is -2.27. The number of nitrogens with one attached hydrogen (secondary N) is 1. The first-order valence-electron chi connectivity index (χ1n) is 12.6. The lowest BCUT2D eigenvalue weighted by Crippen LogP contribution is -2.35. The number of nitrogens with zero attached hydrogens (tertiary/aromatic N) is 8. The maximum atomic E-state index is 12.3. The molecule has 4 aromatic rings. The van der Waals surface area contributed by atoms with E-state index in [1.807, 2.05) is 0 Å². The molecule has 8 N–H and O–H groups in total. The van der Waals surface area contributed by atoms with E-state index in [1.54, 1.807) is 0 Å². The van der Waals surface area contributed by atoms with Crippen LogP contribution >= 0.6 is 38.0 Å². The molecule has 0 radical (unpaired) electrons. The normalized spacial score (nSPS) is 29.0. The number of aromatic amines is 1. The summed E-state index contributed by atoms with van der Waals surface area (Å²) in [6, 6.07) is 0. The molecule has 0 aromatic carbocycles. The molecule has 44 heavy (non-hydrogen) atoms. The molecule has 6 rings (SSSR count). The monoisotopic (exact) mass is 708 g/mol. The highest BCUT2D eigenvalue weighted by molar-refractivity contribution is 8.39. The number of nitrogen functional groups attached to an aromatic ring is 2. The third kappa shape index (κ3) is 6.19. The van der Waals surface area contributed by atoms with E-state index in [1.165, 1.54) is 21.7 Å². The lowest BCUT2D eigenvalue weighted by Gasteiger charge is -2.27. The van der Waals surface area contributed by atoms with Gasteiger partial charge < -0.3 is 35.8 Å². The number of thiol groups is 1. The number of aliphatic hydroxyl groups excluding tert-OH is 2. The number of rotatable bonds is 10. The van der Waals surface area contributed by atoms with Gasteiger partial charge in [0.25, 0.3) is 5.56 Å². The molecule has 2 saturated heterocycles. The first-order valence-corrected chi connectivity index (χ1v) is 18.4. The zero-order valence-electron chi connectivity index (χ0n) is 22.0. The van der Waals surface area contributed by atoms with Gasteiger partial charge in [0, 0.05) is 12.0 Å². The van der Waals surface area contributed by atoms with Crippen molar-refractivity contribution in [3.63, 3.8) is 0 Å². The van der Waals surface area contributed by atoms with Crippen LogP contribution in [0.4, 0.5) is 11.9 Å². The molecule has 2 fully saturated rings. The molecular formula is C19H24N11O9P2S3+. The maximum absolute atomic E-state index is 12.3. The minimum atomic E-state index is -4.14. The van der Waals surface area contributed by atoms with Gasteiger partial charge in [0.2, 0.25) is 11.9 Å². The summed E-state index contributed by atoms with van der Waals surface area (Å²) in [5.74, 6) is -0.0790. The first kappa shape index (κ1) is 31.6. The van der Waals surface area contributed by atoms with Crippen LogP contribution in [0.1, 0.15) is 23.5 Å². The van der Waals surface area contributed by atoms with Gasteiger partial charge >= 0.3 is 13.9 Å². The van der Waals surface area contributed by atoms with Gasteiger partial charge in [-0.25, -0.2) is 14.6 Å². The molecule has 2 aliphatic rings. The Morgan fingerprint density at radius 1 is 1.30 bits per heavy atom. The highest BCUT2D eigenvalue weighted by Crippen LogP contribution is 2.54. The maximum Gasteiger partial charge on any atom is 0.582 e. The number of fused-ring (bicyclic) bond motifs is 2. The highest BCUT2D eigenvalue weighted by atomic mass is 32.7. The Bertz CT molecular complexity index is 1830. The second-order valence-electron chi connectivity index (χ2n) is 9.61. The van der Waals surface area contributed by atoms with Crippen molar-refractivity contribution in [2.24, 2.45) is 0 Å². The van der Waals surface area contributed by atoms with Crippen molar-refractivity contribution >= 4 is 78.5 Å². The number of hydrogen-bond acceptors (Lipinski definition) is 18. The van der Waals surface area contributed by atoms with Crippen molar-refractivity contribution in [1.82, 2.24) is 44.5 Å². The number of hydrogen-bond donors (Lipinski definition) is 7. The van der Waals surface area contributed by atoms with Crippen LogP contribution in [-0.4, -0.2) is 103 Å². The SMILES string of the molecule is Nc1nc2c(nnn2[C@@H]2S[C@H](CO[P+](=O)S)[C@@H](O)[C@H]2OP(O)(=S)OC[C@H]2O[C@@H](c3cnn4c(N)ncnc34)C[C@@H]2O)c(=O)[nH]1. The fraction of sp³-hybridized carbons (Fsp3) is 0.526. The first-order chi connectivity index (χ1) is 20.9. The molecule has 2 unspecified atom stereocenters. The van der Waals surface area contributed by atoms with E-state index in [2.05, 4.69) is 47.6 Å². The van der Waals surface area contributed by atoms with Gasteiger partial charge in [0.15, 0.2) is 16.8 Å². The molecule has 0 saturated carbocycles. The van der Waals surface area contributed by atoms with Gasteiger partial charge in [-0.3, -0.25) is 14.3 Å². The van der Waals surface area contributed by atoms with E-state index >= 15 is 0 Å². The summed E-state index contributed by atoms with van der Waals surface area (Å²) in [6.45, 7) is -4.73. The van der Waals surface area contributed by atoms with Crippen LogP contribution < -0.4 is 17.0 Å². The van der Waals surface area contributed by atoms with Crippen molar-refractivity contribution in [1.29, 1.82) is 0 Å². The predicted octanol–water partition coefficient (Wildman–Crippen LogP) is -0.795. The Morgan fingerprint density at radius 3 is 2.86 bits per heavy atom. The summed E-state index contributed by atoms with van der Waals surface area (Å²) in [4.78, 5) is 37.8. The molecule has 2 aliphatic heterocycles. The van der Waals surface area contributed by atoms with Crippen LogP contribution in [0.2, 0.25) is 0 Å². The lowest BCUT2D eigenvalue weighted by atomic mass is 10.1. The average molecular weight is 709 g/mol. The van der Waals surface area contributed by atoms with Crippen molar-refractivity contribution in [3.05, 3.63) is 28.4 Å². The van der Waals surface area contributed by atoms with E-state index in [9.17, 15) is 24.5 Å². The average Bonchev–Trinajstić information content (AvgIpc) is 3.72. The number of thioether (sulfide) groups is 1. The van der Waals surface area contributed by atoms with Crippen molar-refractivity contribution in [2.75, 3.05) is 24.7 Å². The van der Waals surface area contributed by atoms with Crippen molar-refractivity contribution in [3.8, 4) is 0 Å². The number of aromatic nitrogens is 9. The topological polar surface area (TPSA) is 286 Å². The van der Waals surface area contributed by atoms with Crippen LogP contribution in [0.5, 0.6) is 0 Å². The molecule has 0 spiro atoms. The van der Waals surface area contributed by atoms with Gasteiger partial charge in [-0.2, -0.15) is 14.6 Å². The van der Waals surface area contributed by atoms with E-state index in [0.717, 1.165) is 11.8 Å². The van der Waals surface area contributed by atoms with Gasteiger partial charge in [-0.05, 0) is 16.4 Å². The minimum Gasteiger partial charge on any atom is -0.390 e. The summed E-state index contributed by atoms with van der Waals surface area (Å²) in [5.41, 5.74) is 11.7. The Kier molecular flexibility index (Phi) is 8.91. The van der Waals surface area contributed by atoms with E-state index in [4.69, 9.17) is 41.6 Å². The summed E-state index contributed by atoms with van der Waals surface area (Å²) in [5, 5.41) is 32.0. The molecule has 0 aliphatic carbocycles. The quantitative estimate of drug-likeness (QED) is 0.0784. The molecule has 4 aromatic heterocycles. The Morgan fingerprint density at radius 2 is 2.09 bits per heavy atom. The largest absolute Gasteiger partial charge is 0.582 e. The van der Waals surface area contributed by atoms with Gasteiger partial charge in [-0.1, -0.05) is 5.21 Å². The Hall–Kier alpha value is -2.40. The number of aliphatic hydroxyl groups is 2. The smallest absolute Gasteiger partial charge is 0.390 e. The van der Waals surface area contributed by atoms with Crippen molar-refractivity contribution in [2.45, 2.75) is 47.6 Å². The molecule has 6 heterocycles. The number of ether oxygens (including phenoxy) is 1. The van der Waals surface area contributed by atoms with Gasteiger partial charge in [0.05, 0.1) is 36.4 Å². The number of H-pyrrole nitrogens is 1. The third-order valence-electron chi connectivity index (χ3n) is 6.84. The van der Waals surface area contributed by atoms with Crippen LogP contribution in [0, 0.1) is 0 Å². The zero-order chi connectivity index (χ0) is 31.3. The van der Waals surface area contributed by atoms with Gasteiger partial charge in [-0.15, -0.1) is 21.4 Å². The fourth-order valence-corrected chi connectivity index (χ4v) is 8.38. The van der Waals surface area contributed by atoms with Crippen LogP contribution in [-0.2, 0) is 34.7 Å². The summed E-state index contributed by atoms with van der Waals surface area (Å²) < 4.78 is 36.4. The number of nitrogens with two attached hydrogens (primary N) is 2. The molecule has 20 nitrogen and oxygen atoms in total. The second kappa shape index (κ2) is 12.4. The van der Waals surface area contributed by atoms with Crippen LogP contribution in [0.15, 0.2) is 17.3 Å². The fourth-order valence-electron chi connectivity index (χ4n) is 4.84. The highest BCUT2D eigenvalue weighted by Gasteiger charge is 2.50. The van der Waals surface area contributed by atoms with Crippen molar-refractivity contribution < 1.29 is 38.0 Å². The Balaban J connectivity index is 1.18. The standard InChI is InChI=1S/C19H23N11O9P2S3/c20-18-25-15-11(16(33)26-18)27-28-29(15)17-13(12(32)10(44-17)4-36-40(34)42)39-41(35,43)37-3-9-7(31)1-8(38-9)6-2-24-30-14(6)22-5-23-19(30)21/h2,5,7-10,12-13,17,31-32H,1,3-4H2,(H6-,20,21,22,23,24,25,26,28,33,34,35,42,43)/p+1/t7-,8+,9+,10+,12+,13+,17+,41?/m0/s1. The van der Waals surface area contributed by atoms with Crippen LogP contribution in [0.3, 0.4) is 0 Å². The summed E-state index contributed by atoms with van der Waals surface area (Å²) in [7, 11) is -2.29.